The Morgan fingerprint density at radius 3 is 2.17 bits per heavy atom. The van der Waals surface area contributed by atoms with Crippen LogP contribution in [0.3, 0.4) is 0 Å². The van der Waals surface area contributed by atoms with E-state index in [4.69, 9.17) is 4.74 Å². The van der Waals surface area contributed by atoms with Crippen molar-refractivity contribution in [2.24, 2.45) is 0 Å². The zero-order valence-corrected chi connectivity index (χ0v) is 15.8. The third kappa shape index (κ3) is 3.91. The third-order valence-corrected chi connectivity index (χ3v) is 4.36. The van der Waals surface area contributed by atoms with Crippen molar-refractivity contribution in [2.45, 2.75) is 6.42 Å². The molecule has 0 spiro atoms. The highest BCUT2D eigenvalue weighted by atomic mass is 16.5. The number of rotatable bonds is 4. The number of esters is 2. The van der Waals surface area contributed by atoms with E-state index in [0.717, 1.165) is 0 Å². The maximum absolute atomic E-state index is 13.0. The lowest BCUT2D eigenvalue weighted by molar-refractivity contribution is 0.0180. The van der Waals surface area contributed by atoms with Crippen molar-refractivity contribution >= 4 is 23.8 Å². The molecule has 1 aliphatic rings. The van der Waals surface area contributed by atoms with E-state index in [1.165, 1.54) is 61.0 Å². The first-order chi connectivity index (χ1) is 14.0. The van der Waals surface area contributed by atoms with Crippen LogP contribution >= 0.6 is 0 Å². The van der Waals surface area contributed by atoms with Gasteiger partial charge in [0.1, 0.15) is 5.69 Å². The molecule has 0 aliphatic carbocycles. The minimum absolute atomic E-state index is 0.0352. The molecule has 2 aromatic rings. The molecule has 0 radical (unpaired) electrons. The average molecular weight is 398 g/mol. The molecular formula is C19H18N4O6. The number of aromatic nitrogens is 2. The van der Waals surface area contributed by atoms with E-state index < -0.39 is 23.8 Å². The largest absolute Gasteiger partial charge is 0.465 e. The maximum atomic E-state index is 13.0. The molecule has 2 aromatic heterocycles. The number of ether oxygens (including phenoxy) is 2. The Labute approximate surface area is 166 Å². The second-order valence-electron chi connectivity index (χ2n) is 6.05. The Balaban J connectivity index is 1.85. The summed E-state index contributed by atoms with van der Waals surface area (Å²) in [4.78, 5) is 57.2. The predicted octanol–water partition coefficient (Wildman–Crippen LogP) is 0.953. The van der Waals surface area contributed by atoms with Crippen LogP contribution in [-0.4, -0.2) is 71.0 Å². The van der Waals surface area contributed by atoms with Crippen LogP contribution in [0.1, 0.15) is 48.0 Å². The molecule has 0 bridgehead atoms. The van der Waals surface area contributed by atoms with Crippen molar-refractivity contribution < 1.29 is 28.7 Å². The predicted molar refractivity (Wildman–Crippen MR) is 97.8 cm³/mol. The van der Waals surface area contributed by atoms with E-state index in [-0.39, 0.29) is 22.4 Å². The van der Waals surface area contributed by atoms with Gasteiger partial charge in [-0.05, 0) is 24.6 Å². The summed E-state index contributed by atoms with van der Waals surface area (Å²) < 4.78 is 9.31. The molecule has 0 atom stereocenters. The van der Waals surface area contributed by atoms with Gasteiger partial charge in [0.05, 0.1) is 30.9 Å². The lowest BCUT2D eigenvalue weighted by Crippen LogP contribution is -2.45. The van der Waals surface area contributed by atoms with E-state index in [1.54, 1.807) is 0 Å². The van der Waals surface area contributed by atoms with Crippen LogP contribution in [0.4, 0.5) is 0 Å². The molecule has 2 amide bonds. The van der Waals surface area contributed by atoms with Crippen LogP contribution in [0, 0.1) is 0 Å². The van der Waals surface area contributed by atoms with Gasteiger partial charge in [0.2, 0.25) is 0 Å². The van der Waals surface area contributed by atoms with Gasteiger partial charge in [-0.15, -0.1) is 0 Å². The molecule has 0 unspecified atom stereocenters. The maximum Gasteiger partial charge on any atom is 0.339 e. The molecule has 10 heteroatoms. The Hall–Kier alpha value is -3.82. The lowest BCUT2D eigenvalue weighted by Gasteiger charge is -2.28. The van der Waals surface area contributed by atoms with E-state index in [9.17, 15) is 19.2 Å². The van der Waals surface area contributed by atoms with Gasteiger partial charge < -0.3 is 9.47 Å². The summed E-state index contributed by atoms with van der Waals surface area (Å²) in [5, 5.41) is 2.51. The van der Waals surface area contributed by atoms with Gasteiger partial charge in [0.15, 0.2) is 0 Å². The lowest BCUT2D eigenvalue weighted by atomic mass is 10.1. The van der Waals surface area contributed by atoms with Crippen LogP contribution in [0.15, 0.2) is 36.8 Å². The molecule has 1 aliphatic heterocycles. The topological polar surface area (TPSA) is 119 Å². The van der Waals surface area contributed by atoms with Gasteiger partial charge in [-0.1, -0.05) is 0 Å². The van der Waals surface area contributed by atoms with Crippen LogP contribution in [-0.2, 0) is 9.47 Å². The Morgan fingerprint density at radius 1 is 0.862 bits per heavy atom. The SMILES string of the molecule is COC(=O)c1ccc(C(=O)N2CCCN2C(=O)c2cnccc2C(=O)OC)nc1. The number of amides is 2. The Morgan fingerprint density at radius 2 is 1.55 bits per heavy atom. The van der Waals surface area contributed by atoms with E-state index in [0.29, 0.717) is 19.5 Å². The zero-order valence-electron chi connectivity index (χ0n) is 15.8. The van der Waals surface area contributed by atoms with Crippen molar-refractivity contribution in [2.75, 3.05) is 27.3 Å². The van der Waals surface area contributed by atoms with Crippen molar-refractivity contribution in [3.8, 4) is 0 Å². The minimum Gasteiger partial charge on any atom is -0.465 e. The second kappa shape index (κ2) is 8.46. The summed E-state index contributed by atoms with van der Waals surface area (Å²) in [5.41, 5.74) is 0.369. The smallest absolute Gasteiger partial charge is 0.339 e. The highest BCUT2D eigenvalue weighted by Gasteiger charge is 2.34. The van der Waals surface area contributed by atoms with Crippen LogP contribution < -0.4 is 0 Å². The number of carbonyl (C=O) groups excluding carboxylic acids is 4. The molecule has 3 heterocycles. The summed E-state index contributed by atoms with van der Waals surface area (Å²) in [5.74, 6) is -2.29. The number of hydrogen-bond donors (Lipinski definition) is 0. The van der Waals surface area contributed by atoms with E-state index in [2.05, 4.69) is 14.7 Å². The molecule has 0 saturated carbocycles. The summed E-state index contributed by atoms with van der Waals surface area (Å²) >= 11 is 0. The van der Waals surface area contributed by atoms with Crippen LogP contribution in [0.2, 0.25) is 0 Å². The molecule has 10 nitrogen and oxygen atoms in total. The fourth-order valence-electron chi connectivity index (χ4n) is 2.92. The van der Waals surface area contributed by atoms with Gasteiger partial charge in [-0.3, -0.25) is 19.6 Å². The monoisotopic (exact) mass is 398 g/mol. The van der Waals surface area contributed by atoms with Crippen molar-refractivity contribution in [1.29, 1.82) is 0 Å². The molecule has 0 N–H and O–H groups in total. The molecular weight excluding hydrogens is 380 g/mol. The quantitative estimate of drug-likeness (QED) is 0.699. The first-order valence-electron chi connectivity index (χ1n) is 8.68. The Kier molecular flexibility index (Phi) is 5.82. The third-order valence-electron chi connectivity index (χ3n) is 4.36. The number of methoxy groups -OCH3 is 2. The van der Waals surface area contributed by atoms with E-state index in [1.807, 2.05) is 0 Å². The molecule has 150 valence electrons. The first kappa shape index (κ1) is 19.9. The number of hydrazine groups is 1. The highest BCUT2D eigenvalue weighted by molar-refractivity contribution is 6.06. The fraction of sp³-hybridized carbons (Fsp3) is 0.263. The van der Waals surface area contributed by atoms with Gasteiger partial charge >= 0.3 is 11.9 Å². The molecule has 1 saturated heterocycles. The molecule has 1 fully saturated rings. The zero-order chi connectivity index (χ0) is 21.0. The normalized spacial score (nSPS) is 13.2. The van der Waals surface area contributed by atoms with Gasteiger partial charge in [-0.25, -0.2) is 19.6 Å². The number of hydrogen-bond acceptors (Lipinski definition) is 8. The van der Waals surface area contributed by atoms with Crippen molar-refractivity contribution in [3.63, 3.8) is 0 Å². The van der Waals surface area contributed by atoms with Crippen LogP contribution in [0.25, 0.3) is 0 Å². The van der Waals surface area contributed by atoms with Crippen molar-refractivity contribution in [3.05, 3.63) is 59.2 Å². The molecule has 29 heavy (non-hydrogen) atoms. The van der Waals surface area contributed by atoms with Gasteiger partial charge in [-0.2, -0.15) is 0 Å². The van der Waals surface area contributed by atoms with Gasteiger partial charge in [0.25, 0.3) is 11.8 Å². The summed E-state index contributed by atoms with van der Waals surface area (Å²) in [7, 11) is 2.46. The first-order valence-corrected chi connectivity index (χ1v) is 8.68. The fourth-order valence-corrected chi connectivity index (χ4v) is 2.92. The van der Waals surface area contributed by atoms with E-state index >= 15 is 0 Å². The van der Waals surface area contributed by atoms with Gasteiger partial charge in [0, 0.05) is 31.7 Å². The van der Waals surface area contributed by atoms with Crippen LogP contribution in [0.5, 0.6) is 0 Å². The number of pyridine rings is 2. The summed E-state index contributed by atoms with van der Waals surface area (Å²) in [6, 6.07) is 4.19. The molecule has 0 aromatic carbocycles. The summed E-state index contributed by atoms with van der Waals surface area (Å²) in [6.45, 7) is 0.596. The number of carbonyl (C=O) groups is 4. The summed E-state index contributed by atoms with van der Waals surface area (Å²) in [6.07, 6.45) is 4.44. The highest BCUT2D eigenvalue weighted by Crippen LogP contribution is 2.20. The average Bonchev–Trinajstić information content (AvgIpc) is 3.27. The standard InChI is InChI=1S/C19H18N4O6/c1-28-18(26)12-4-5-15(21-10-12)17(25)23-9-3-8-22(23)16(24)14-11-20-7-6-13(14)19(27)29-2/h4-7,10-11H,3,8-9H2,1-2H3. The van der Waals surface area contributed by atoms with Crippen molar-refractivity contribution in [1.82, 2.24) is 20.0 Å². The number of nitrogens with zero attached hydrogens (tertiary/aromatic N) is 4. The second-order valence-corrected chi connectivity index (χ2v) is 6.05. The minimum atomic E-state index is -0.673. The molecule has 3 rings (SSSR count). The Bertz CT molecular complexity index is 959.